The van der Waals surface area contributed by atoms with Gasteiger partial charge in [-0.3, -0.25) is 47.9 Å². The Hall–Kier alpha value is -6.78. The number of primary amides is 1. The summed E-state index contributed by atoms with van der Waals surface area (Å²) in [6.45, 7) is 1.54. The van der Waals surface area contributed by atoms with Gasteiger partial charge in [-0.15, -0.1) is 0 Å². The standard InChI is InChI=1S/C34H53N11O17/c1-13(2)25(44-28(55)17(4-5-22(36)49)39-27(54)16(35)6-15-9-37-12-38-15)32(59)42-20(10-46)30(57)40-18(7-23(50)51)29(56)45-26(14(3)48)33(60)43-21(11-47)31(58)41-19(34(61)62)8-24(52)53/h9,12-14,16-21,25-26,46-48H,4-8,10-11,35H2,1-3H3,(H2,36,49)(H,37,38)(H,39,54)(H,40,57)(H,41,58)(H,42,59)(H,43,60)(H,44,55)(H,45,56)(H,50,51)(H,52,53)(H,61,62)/t14-,16+,17+,18+,19+,20+,21+,25+,26+/m1/s1. The molecule has 62 heavy (non-hydrogen) atoms. The number of aromatic nitrogens is 2. The van der Waals surface area contributed by atoms with Gasteiger partial charge in [-0.1, -0.05) is 13.8 Å². The lowest BCUT2D eigenvalue weighted by Crippen LogP contribution is -2.62. The van der Waals surface area contributed by atoms with E-state index in [2.05, 4.69) is 25.9 Å². The van der Waals surface area contributed by atoms with Crippen molar-refractivity contribution in [1.82, 2.24) is 47.2 Å². The molecule has 1 aromatic heterocycles. The summed E-state index contributed by atoms with van der Waals surface area (Å²) in [6.07, 6.45) is -2.02. The first-order valence-corrected chi connectivity index (χ1v) is 18.6. The number of amides is 8. The summed E-state index contributed by atoms with van der Waals surface area (Å²) >= 11 is 0. The Morgan fingerprint density at radius 2 is 1.06 bits per heavy atom. The van der Waals surface area contributed by atoms with Crippen LogP contribution in [0.25, 0.3) is 0 Å². The second kappa shape index (κ2) is 25.8. The predicted molar refractivity (Wildman–Crippen MR) is 205 cm³/mol. The molecule has 0 saturated heterocycles. The highest BCUT2D eigenvalue weighted by Gasteiger charge is 2.37. The largest absolute Gasteiger partial charge is 0.481 e. The van der Waals surface area contributed by atoms with E-state index >= 15 is 0 Å². The summed E-state index contributed by atoms with van der Waals surface area (Å²) in [4.78, 5) is 144. The summed E-state index contributed by atoms with van der Waals surface area (Å²) in [7, 11) is 0. The zero-order valence-electron chi connectivity index (χ0n) is 33.7. The number of imidazole rings is 1. The van der Waals surface area contributed by atoms with Crippen molar-refractivity contribution in [2.75, 3.05) is 13.2 Å². The number of nitrogens with two attached hydrogens (primary N) is 2. The Balaban J connectivity index is 3.16. The highest BCUT2D eigenvalue weighted by molar-refractivity contribution is 5.99. The van der Waals surface area contributed by atoms with E-state index in [1.807, 2.05) is 16.0 Å². The maximum Gasteiger partial charge on any atom is 0.326 e. The van der Waals surface area contributed by atoms with E-state index in [1.54, 1.807) is 5.32 Å². The SMILES string of the molecule is CC(C)[C@H](NC(=O)[C@H](CCC(N)=O)NC(=O)[C@@H](N)Cc1cnc[nH]1)C(=O)N[C@@H](CO)C(=O)N[C@@H](CC(=O)O)C(=O)N[C@H](C(=O)N[C@@H](CO)C(=O)N[C@@H](CC(=O)O)C(=O)O)[C@@H](C)O. The Morgan fingerprint density at radius 1 is 0.629 bits per heavy atom. The fourth-order valence-electron chi connectivity index (χ4n) is 5.22. The highest BCUT2D eigenvalue weighted by Crippen LogP contribution is 2.08. The molecule has 1 heterocycles. The molecule has 0 fully saturated rings. The van der Waals surface area contributed by atoms with Crippen LogP contribution in [0.2, 0.25) is 0 Å². The number of hydrogen-bond acceptors (Lipinski definition) is 16. The number of rotatable bonds is 28. The van der Waals surface area contributed by atoms with Gasteiger partial charge in [0.15, 0.2) is 0 Å². The number of H-pyrrole nitrogens is 1. The van der Waals surface area contributed by atoms with Gasteiger partial charge in [0.1, 0.15) is 42.3 Å². The number of aliphatic carboxylic acids is 3. The van der Waals surface area contributed by atoms with Crippen LogP contribution in [0.4, 0.5) is 0 Å². The third-order valence-electron chi connectivity index (χ3n) is 8.59. The zero-order chi connectivity index (χ0) is 47.4. The van der Waals surface area contributed by atoms with Crippen LogP contribution in [0.15, 0.2) is 12.5 Å². The monoisotopic (exact) mass is 887 g/mol. The quantitative estimate of drug-likeness (QED) is 0.0371. The summed E-state index contributed by atoms with van der Waals surface area (Å²) in [6, 6.07) is -14.1. The summed E-state index contributed by atoms with van der Waals surface area (Å²) in [5.41, 5.74) is 11.7. The molecule has 28 heteroatoms. The van der Waals surface area contributed by atoms with E-state index in [9.17, 15) is 78.3 Å². The molecule has 0 aromatic carbocycles. The molecule has 0 bridgehead atoms. The second-order valence-electron chi connectivity index (χ2n) is 14.1. The highest BCUT2D eigenvalue weighted by atomic mass is 16.4. The minimum atomic E-state index is -2.08. The molecule has 346 valence electrons. The molecule has 0 spiro atoms. The lowest BCUT2D eigenvalue weighted by Gasteiger charge is -2.28. The van der Waals surface area contributed by atoms with E-state index in [-0.39, 0.29) is 19.3 Å². The number of carbonyl (C=O) groups is 11. The van der Waals surface area contributed by atoms with Gasteiger partial charge < -0.3 is 84.3 Å². The average Bonchev–Trinajstić information content (AvgIpc) is 3.69. The number of aliphatic hydroxyl groups is 3. The Labute approximate surface area is 351 Å². The molecule has 1 rings (SSSR count). The van der Waals surface area contributed by atoms with Gasteiger partial charge in [0.2, 0.25) is 47.3 Å². The van der Waals surface area contributed by atoms with Crippen LogP contribution in [-0.4, -0.2) is 173 Å². The van der Waals surface area contributed by atoms with Crippen LogP contribution in [-0.2, 0) is 59.2 Å². The van der Waals surface area contributed by atoms with Crippen LogP contribution in [0.3, 0.4) is 0 Å². The molecular formula is C34H53N11O17. The molecule has 0 aliphatic carbocycles. The van der Waals surface area contributed by atoms with E-state index in [1.165, 1.54) is 26.4 Å². The topological polar surface area (TPSA) is 474 Å². The number of aliphatic hydroxyl groups excluding tert-OH is 3. The number of nitrogens with one attached hydrogen (secondary N) is 8. The minimum absolute atomic E-state index is 0.00900. The van der Waals surface area contributed by atoms with Gasteiger partial charge in [0.25, 0.3) is 0 Å². The smallest absolute Gasteiger partial charge is 0.326 e. The van der Waals surface area contributed by atoms with E-state index in [0.717, 1.165) is 6.92 Å². The van der Waals surface area contributed by atoms with Crippen LogP contribution >= 0.6 is 0 Å². The normalized spacial score (nSPS) is 15.4. The Morgan fingerprint density at radius 3 is 1.50 bits per heavy atom. The summed E-state index contributed by atoms with van der Waals surface area (Å²) in [5, 5.41) is 72.0. The summed E-state index contributed by atoms with van der Waals surface area (Å²) in [5.74, 6) is -15.1. The number of nitrogens with zero attached hydrogens (tertiary/aromatic N) is 1. The first-order valence-electron chi connectivity index (χ1n) is 18.6. The Bertz CT molecular complexity index is 1780. The van der Waals surface area contributed by atoms with Crippen molar-refractivity contribution in [2.24, 2.45) is 17.4 Å². The molecule has 9 atom stereocenters. The van der Waals surface area contributed by atoms with Crippen molar-refractivity contribution in [2.45, 2.75) is 107 Å². The van der Waals surface area contributed by atoms with Crippen LogP contribution in [0.5, 0.6) is 0 Å². The van der Waals surface area contributed by atoms with E-state index in [4.69, 9.17) is 16.6 Å². The number of carbonyl (C=O) groups excluding carboxylic acids is 8. The minimum Gasteiger partial charge on any atom is -0.481 e. The van der Waals surface area contributed by atoms with Crippen molar-refractivity contribution in [1.29, 1.82) is 0 Å². The molecular weight excluding hydrogens is 834 g/mol. The predicted octanol–water partition coefficient (Wildman–Crippen LogP) is -8.01. The molecule has 28 nitrogen and oxygen atoms in total. The molecule has 0 aliphatic rings. The van der Waals surface area contributed by atoms with Crippen molar-refractivity contribution >= 4 is 65.2 Å². The van der Waals surface area contributed by atoms with Crippen molar-refractivity contribution in [3.63, 3.8) is 0 Å². The third-order valence-corrected chi connectivity index (χ3v) is 8.59. The third kappa shape index (κ3) is 18.2. The fraction of sp³-hybridized carbons (Fsp3) is 0.588. The van der Waals surface area contributed by atoms with Crippen LogP contribution in [0, 0.1) is 5.92 Å². The lowest BCUT2D eigenvalue weighted by atomic mass is 10.0. The molecule has 0 unspecified atom stereocenters. The van der Waals surface area contributed by atoms with Crippen molar-refractivity contribution in [3.05, 3.63) is 18.2 Å². The maximum absolute atomic E-state index is 13.4. The molecule has 0 radical (unpaired) electrons. The van der Waals surface area contributed by atoms with Gasteiger partial charge >= 0.3 is 17.9 Å². The van der Waals surface area contributed by atoms with Gasteiger partial charge in [0, 0.05) is 24.7 Å². The molecule has 18 N–H and O–H groups in total. The molecule has 0 aliphatic heterocycles. The molecule has 0 saturated carbocycles. The maximum atomic E-state index is 13.4. The van der Waals surface area contributed by atoms with Gasteiger partial charge in [-0.2, -0.15) is 0 Å². The van der Waals surface area contributed by atoms with Gasteiger partial charge in [-0.25, -0.2) is 9.78 Å². The van der Waals surface area contributed by atoms with E-state index in [0.29, 0.717) is 5.69 Å². The molecule has 8 amide bonds. The van der Waals surface area contributed by atoms with Crippen molar-refractivity contribution < 1.29 is 83.4 Å². The Kier molecular flexibility index (Phi) is 22.1. The first-order chi connectivity index (χ1) is 28.9. The number of aromatic amines is 1. The fourth-order valence-corrected chi connectivity index (χ4v) is 5.22. The second-order valence-corrected chi connectivity index (χ2v) is 14.1. The van der Waals surface area contributed by atoms with Gasteiger partial charge in [-0.05, 0) is 19.3 Å². The van der Waals surface area contributed by atoms with Crippen molar-refractivity contribution in [3.8, 4) is 0 Å². The number of carboxylic acids is 3. The van der Waals surface area contributed by atoms with Gasteiger partial charge in [0.05, 0.1) is 44.5 Å². The zero-order valence-corrected chi connectivity index (χ0v) is 33.7. The number of carboxylic acid groups (broad SMARTS) is 3. The lowest BCUT2D eigenvalue weighted by molar-refractivity contribution is -0.147. The summed E-state index contributed by atoms with van der Waals surface area (Å²) < 4.78 is 0. The molecule has 1 aromatic rings. The average molecular weight is 888 g/mol. The first kappa shape index (κ1) is 53.2. The van der Waals surface area contributed by atoms with E-state index < -0.39 is 152 Å². The van der Waals surface area contributed by atoms with Crippen LogP contribution in [0.1, 0.15) is 52.1 Å². The van der Waals surface area contributed by atoms with Crippen LogP contribution < -0.4 is 48.7 Å². The number of hydrogen-bond donors (Lipinski definition) is 16.